The van der Waals surface area contributed by atoms with Crippen molar-refractivity contribution >= 4 is 39.1 Å². The van der Waals surface area contributed by atoms with Gasteiger partial charge in [0.25, 0.3) is 0 Å². The lowest BCUT2D eigenvalue weighted by molar-refractivity contribution is -0.146. The van der Waals surface area contributed by atoms with Crippen LogP contribution in [-0.2, 0) is 19.4 Å². The Morgan fingerprint density at radius 1 is 0.971 bits per heavy atom. The number of esters is 1. The molecule has 184 valence electrons. The van der Waals surface area contributed by atoms with Gasteiger partial charge in [-0.05, 0) is 74.2 Å². The van der Waals surface area contributed by atoms with E-state index in [1.165, 1.54) is 55.6 Å². The third-order valence-corrected chi connectivity index (χ3v) is 8.08. The monoisotopic (exact) mass is 502 g/mol. The first-order valence-electron chi connectivity index (χ1n) is 10.9. The number of anilines is 3. The zero-order chi connectivity index (χ0) is 25.0. The summed E-state index contributed by atoms with van der Waals surface area (Å²) >= 11 is 0. The molecule has 1 aromatic heterocycles. The number of aromatic nitrogens is 2. The number of amides is 1. The number of nitrogens with one attached hydrogen (secondary N) is 2. The van der Waals surface area contributed by atoms with Crippen LogP contribution in [-0.4, -0.2) is 42.9 Å². The second-order valence-corrected chi connectivity index (χ2v) is 10.3. The molecule has 3 aromatic rings. The molecule has 12 heteroatoms. The highest BCUT2D eigenvalue weighted by Gasteiger charge is 2.34. The number of methoxy groups -OCH3 is 1. The van der Waals surface area contributed by atoms with E-state index in [1.54, 1.807) is 0 Å². The molecule has 0 aliphatic heterocycles. The van der Waals surface area contributed by atoms with Gasteiger partial charge < -0.3 is 19.8 Å². The van der Waals surface area contributed by atoms with Crippen LogP contribution < -0.4 is 10.6 Å². The van der Waals surface area contributed by atoms with Gasteiger partial charge in [0.1, 0.15) is 5.82 Å². The van der Waals surface area contributed by atoms with Crippen LogP contribution >= 0.6 is 0 Å². The van der Waals surface area contributed by atoms with E-state index in [4.69, 9.17) is 9.15 Å². The Morgan fingerprint density at radius 3 is 2.23 bits per heavy atom. The summed E-state index contributed by atoms with van der Waals surface area (Å²) < 4.78 is 49.0. The van der Waals surface area contributed by atoms with Gasteiger partial charge in [0.2, 0.25) is 0 Å². The smallest absolute Gasteiger partial charge is 0.320 e. The Morgan fingerprint density at radius 2 is 1.60 bits per heavy atom. The van der Waals surface area contributed by atoms with E-state index in [-0.39, 0.29) is 28.7 Å². The molecule has 10 nitrogen and oxygen atoms in total. The standard InChI is InChI=1S/C23H23FN4O6S/c1-33-22(30)14-2-10-18(11-3-14)35(31,32)19-12-8-16(9-13-19)25-20(29)21-27-28-23(34-21)26-17-6-4-15(24)5-7-17/h4-9,12-14,18H,2-3,10-11H2,1H3,(H,25,29)(H,26,28)/t14-,18+. The van der Waals surface area contributed by atoms with Crippen LogP contribution in [0.15, 0.2) is 57.8 Å². The minimum absolute atomic E-state index is 0.0508. The molecule has 0 bridgehead atoms. The quantitative estimate of drug-likeness (QED) is 0.463. The molecule has 1 saturated carbocycles. The summed E-state index contributed by atoms with van der Waals surface area (Å²) in [4.78, 5) is 24.2. The number of nitrogens with zero attached hydrogens (tertiary/aromatic N) is 2. The molecule has 0 unspecified atom stereocenters. The summed E-state index contributed by atoms with van der Waals surface area (Å²) in [6.07, 6.45) is 1.69. The molecule has 0 spiro atoms. The fraction of sp³-hybridized carbons (Fsp3) is 0.304. The number of carbonyl (C=O) groups excluding carboxylic acids is 2. The summed E-state index contributed by atoms with van der Waals surface area (Å²) in [7, 11) is -2.25. The first kappa shape index (κ1) is 24.3. The third-order valence-electron chi connectivity index (χ3n) is 5.80. The molecule has 0 atom stereocenters. The van der Waals surface area contributed by atoms with Crippen molar-refractivity contribution in [2.24, 2.45) is 5.92 Å². The summed E-state index contributed by atoms with van der Waals surface area (Å²) in [6.45, 7) is 0. The summed E-state index contributed by atoms with van der Waals surface area (Å²) in [5, 5.41) is 12.2. The average Bonchev–Trinajstić information content (AvgIpc) is 3.34. The van der Waals surface area contributed by atoms with Crippen molar-refractivity contribution < 1.29 is 31.6 Å². The van der Waals surface area contributed by atoms with Crippen molar-refractivity contribution in [2.45, 2.75) is 35.8 Å². The van der Waals surface area contributed by atoms with Crippen LogP contribution in [0.3, 0.4) is 0 Å². The lowest BCUT2D eigenvalue weighted by Gasteiger charge is -2.26. The van der Waals surface area contributed by atoms with Gasteiger partial charge >= 0.3 is 23.8 Å². The van der Waals surface area contributed by atoms with Gasteiger partial charge in [-0.15, -0.1) is 5.10 Å². The molecule has 0 radical (unpaired) electrons. The molecule has 1 aliphatic rings. The first-order chi connectivity index (χ1) is 16.8. The van der Waals surface area contributed by atoms with Gasteiger partial charge in [-0.2, -0.15) is 0 Å². The predicted molar refractivity (Wildman–Crippen MR) is 123 cm³/mol. The molecule has 1 heterocycles. The molecule has 1 fully saturated rings. The molecule has 0 saturated heterocycles. The van der Waals surface area contributed by atoms with E-state index >= 15 is 0 Å². The van der Waals surface area contributed by atoms with Crippen LogP contribution in [0, 0.1) is 11.7 Å². The van der Waals surface area contributed by atoms with Crippen molar-refractivity contribution in [1.82, 2.24) is 10.2 Å². The van der Waals surface area contributed by atoms with Gasteiger partial charge in [-0.3, -0.25) is 9.59 Å². The Labute approximate surface area is 200 Å². The number of rotatable bonds is 7. The topological polar surface area (TPSA) is 140 Å². The van der Waals surface area contributed by atoms with Crippen molar-refractivity contribution in [3.05, 3.63) is 60.2 Å². The number of halogens is 1. The minimum atomic E-state index is -3.58. The number of ether oxygens (including phenoxy) is 1. The zero-order valence-electron chi connectivity index (χ0n) is 18.7. The highest BCUT2D eigenvalue weighted by atomic mass is 32.2. The van der Waals surface area contributed by atoms with E-state index < -0.39 is 26.8 Å². The molecule has 2 N–H and O–H groups in total. The summed E-state index contributed by atoms with van der Waals surface area (Å²) in [5.74, 6) is -1.96. The SMILES string of the molecule is COC(=O)[C@H]1CC[C@@H](S(=O)(=O)c2ccc(NC(=O)c3nnc(Nc4ccc(F)cc4)o3)cc2)CC1. The Kier molecular flexibility index (Phi) is 7.10. The fourth-order valence-electron chi connectivity index (χ4n) is 3.90. The van der Waals surface area contributed by atoms with Crippen molar-refractivity contribution in [2.75, 3.05) is 17.7 Å². The normalized spacial score (nSPS) is 18.0. The van der Waals surface area contributed by atoms with Gasteiger partial charge in [0.15, 0.2) is 9.84 Å². The summed E-state index contributed by atoms with van der Waals surface area (Å²) in [5.41, 5.74) is 0.840. The van der Waals surface area contributed by atoms with Crippen LogP contribution in [0.5, 0.6) is 0 Å². The van der Waals surface area contributed by atoms with E-state index in [1.807, 2.05) is 0 Å². The van der Waals surface area contributed by atoms with Gasteiger partial charge in [0.05, 0.1) is 23.2 Å². The second kappa shape index (κ2) is 10.2. The van der Waals surface area contributed by atoms with Crippen LogP contribution in [0.25, 0.3) is 0 Å². The largest absolute Gasteiger partial charge is 0.469 e. The molecule has 2 aromatic carbocycles. The Balaban J connectivity index is 1.36. The van der Waals surface area contributed by atoms with Crippen molar-refractivity contribution in [3.8, 4) is 0 Å². The molecule has 35 heavy (non-hydrogen) atoms. The Bertz CT molecular complexity index is 1300. The molecule has 4 rings (SSSR count). The van der Waals surface area contributed by atoms with E-state index in [2.05, 4.69) is 20.8 Å². The van der Waals surface area contributed by atoms with Crippen LogP contribution in [0.1, 0.15) is 36.4 Å². The summed E-state index contributed by atoms with van der Waals surface area (Å²) in [6, 6.07) is 11.2. The van der Waals surface area contributed by atoms with Crippen molar-refractivity contribution in [1.29, 1.82) is 0 Å². The van der Waals surface area contributed by atoms with E-state index in [0.29, 0.717) is 37.1 Å². The lowest BCUT2D eigenvalue weighted by Crippen LogP contribution is -2.30. The number of carbonyl (C=O) groups is 2. The van der Waals surface area contributed by atoms with Crippen LogP contribution in [0.4, 0.5) is 21.8 Å². The minimum Gasteiger partial charge on any atom is -0.469 e. The predicted octanol–water partition coefficient (Wildman–Crippen LogP) is 3.71. The Hall–Kier alpha value is -3.80. The maximum atomic E-state index is 13.0. The molecular formula is C23H23FN4O6S. The molecule has 1 aliphatic carbocycles. The van der Waals surface area contributed by atoms with Gasteiger partial charge in [0, 0.05) is 11.4 Å². The average molecular weight is 503 g/mol. The number of hydrogen-bond acceptors (Lipinski definition) is 9. The number of hydrogen-bond donors (Lipinski definition) is 2. The molecule has 1 amide bonds. The number of sulfone groups is 1. The van der Waals surface area contributed by atoms with Crippen LogP contribution in [0.2, 0.25) is 0 Å². The maximum absolute atomic E-state index is 13.0. The zero-order valence-corrected chi connectivity index (χ0v) is 19.5. The van der Waals surface area contributed by atoms with E-state index in [9.17, 15) is 22.4 Å². The van der Waals surface area contributed by atoms with Gasteiger partial charge in [-0.1, -0.05) is 5.10 Å². The van der Waals surface area contributed by atoms with E-state index in [0.717, 1.165) is 0 Å². The highest BCUT2D eigenvalue weighted by molar-refractivity contribution is 7.92. The number of benzene rings is 2. The second-order valence-electron chi connectivity index (χ2n) is 8.06. The third kappa shape index (κ3) is 5.65. The fourth-order valence-corrected chi connectivity index (χ4v) is 5.70. The maximum Gasteiger partial charge on any atom is 0.320 e. The molecular weight excluding hydrogens is 479 g/mol. The van der Waals surface area contributed by atoms with Gasteiger partial charge in [-0.25, -0.2) is 12.8 Å². The highest BCUT2D eigenvalue weighted by Crippen LogP contribution is 2.32. The first-order valence-corrected chi connectivity index (χ1v) is 12.4. The lowest BCUT2D eigenvalue weighted by atomic mass is 9.89. The van der Waals surface area contributed by atoms with Crippen molar-refractivity contribution in [3.63, 3.8) is 0 Å².